The van der Waals surface area contributed by atoms with E-state index in [-0.39, 0.29) is 6.54 Å². The van der Waals surface area contributed by atoms with Crippen molar-refractivity contribution in [1.29, 1.82) is 0 Å². The molecular weight excluding hydrogens is 113 g/mol. The molecule has 0 spiro atoms. The van der Waals surface area contributed by atoms with Crippen molar-refractivity contribution < 1.29 is 9.90 Å². The molecule has 40 valence electrons. The Morgan fingerprint density at radius 3 is 2.71 bits per heavy atom. The van der Waals surface area contributed by atoms with Gasteiger partial charge in [0.2, 0.25) is 0 Å². The largest absolute Gasteiger partial charge is 0.480 e. The Morgan fingerprint density at radius 2 is 2.57 bits per heavy atom. The predicted octanol–water partition coefficient (Wildman–Crippen LogP) is -0.0256. The van der Waals surface area contributed by atoms with Crippen LogP contribution in [0.2, 0.25) is 0 Å². The maximum absolute atomic E-state index is 9.64. The minimum atomic E-state index is -0.904. The number of rotatable bonds is 2. The molecule has 4 heteroatoms. The summed E-state index contributed by atoms with van der Waals surface area (Å²) >= 11 is 0. The zero-order valence-electron chi connectivity index (χ0n) is 3.66. The molecule has 1 unspecified atom stereocenters. The van der Waals surface area contributed by atoms with E-state index in [1.807, 2.05) is 0 Å². The lowest BCUT2D eigenvalue weighted by molar-refractivity contribution is -0.135. The lowest BCUT2D eigenvalue weighted by Crippen LogP contribution is -1.97. The van der Waals surface area contributed by atoms with Crippen LogP contribution < -0.4 is 0 Å². The van der Waals surface area contributed by atoms with Gasteiger partial charge in [0.05, 0.1) is 0 Å². The van der Waals surface area contributed by atoms with Gasteiger partial charge in [-0.05, 0) is 0 Å². The molecule has 3 nitrogen and oxygen atoms in total. The van der Waals surface area contributed by atoms with E-state index in [2.05, 4.69) is 14.2 Å². The Bertz CT molecular complexity index is 90.9. The second kappa shape index (κ2) is 3.75. The van der Waals surface area contributed by atoms with Crippen LogP contribution in [-0.4, -0.2) is 23.6 Å². The zero-order chi connectivity index (χ0) is 5.70. The fourth-order valence-corrected chi connectivity index (χ4v) is 0.236. The number of hydrogen-bond donors (Lipinski definition) is 1. The van der Waals surface area contributed by atoms with Crippen LogP contribution in [-0.2, 0) is 4.79 Å². The number of carboxylic acids is 1. The van der Waals surface area contributed by atoms with E-state index in [0.717, 1.165) is 0 Å². The highest BCUT2D eigenvalue weighted by Gasteiger charge is 1.86. The van der Waals surface area contributed by atoms with Gasteiger partial charge in [0, 0.05) is 5.96 Å². The average Bonchev–Trinajstić information content (AvgIpc) is 1.61. The maximum Gasteiger partial charge on any atom is 0.325 e. The molecule has 1 N–H and O–H groups in total. The first kappa shape index (κ1) is 6.57. The molecule has 0 aliphatic heterocycles. The molecule has 0 saturated heterocycles. The summed E-state index contributed by atoms with van der Waals surface area (Å²) in [5.41, 5.74) is 0. The van der Waals surface area contributed by atoms with Crippen molar-refractivity contribution in [3.8, 4) is 0 Å². The highest BCUT2D eigenvalue weighted by atomic mass is 31.0. The molecule has 0 aromatic carbocycles. The number of hydrogen-bond acceptors (Lipinski definition) is 2. The van der Waals surface area contributed by atoms with Crippen molar-refractivity contribution in [1.82, 2.24) is 0 Å². The summed E-state index contributed by atoms with van der Waals surface area (Å²) in [7, 11) is 2.19. The Balaban J connectivity index is 3.14. The van der Waals surface area contributed by atoms with Crippen molar-refractivity contribution in [3.05, 3.63) is 0 Å². The van der Waals surface area contributed by atoms with Crippen LogP contribution in [0.25, 0.3) is 0 Å². The second-order valence-electron chi connectivity index (χ2n) is 0.883. The van der Waals surface area contributed by atoms with E-state index >= 15 is 0 Å². The highest BCUT2D eigenvalue weighted by Crippen LogP contribution is 1.71. The summed E-state index contributed by atoms with van der Waals surface area (Å²) in [5, 5.41) is 7.92. The number of carboxylic acid groups (broad SMARTS) is 1. The Kier molecular flexibility index (Phi) is 3.52. The molecule has 0 heterocycles. The maximum atomic E-state index is 9.64. The van der Waals surface area contributed by atoms with Gasteiger partial charge in [-0.25, -0.2) is 0 Å². The monoisotopic (exact) mass is 119 g/mol. The van der Waals surface area contributed by atoms with Gasteiger partial charge in [-0.1, -0.05) is 9.24 Å². The zero-order valence-corrected chi connectivity index (χ0v) is 4.82. The van der Waals surface area contributed by atoms with Gasteiger partial charge < -0.3 is 5.11 Å². The minimum Gasteiger partial charge on any atom is -0.480 e. The third-order valence-corrected chi connectivity index (χ3v) is 0.543. The van der Waals surface area contributed by atoms with Gasteiger partial charge in [-0.15, -0.1) is 0 Å². The number of aliphatic carboxylic acids is 1. The third kappa shape index (κ3) is 5.57. The molecular formula is C3H6NO2P. The van der Waals surface area contributed by atoms with Gasteiger partial charge in [-0.2, -0.15) is 0 Å². The van der Waals surface area contributed by atoms with E-state index < -0.39 is 5.97 Å². The first-order chi connectivity index (χ1) is 3.27. The van der Waals surface area contributed by atoms with E-state index in [1.54, 1.807) is 0 Å². The first-order valence-electron chi connectivity index (χ1n) is 1.69. The van der Waals surface area contributed by atoms with Crippen LogP contribution in [0.5, 0.6) is 0 Å². The van der Waals surface area contributed by atoms with E-state index in [0.29, 0.717) is 0 Å². The minimum absolute atomic E-state index is 0.135. The fraction of sp³-hybridized carbons (Fsp3) is 0.333. The summed E-state index contributed by atoms with van der Waals surface area (Å²) in [4.78, 5) is 13.0. The molecule has 7 heavy (non-hydrogen) atoms. The second-order valence-corrected chi connectivity index (χ2v) is 1.18. The molecule has 0 fully saturated rings. The predicted molar refractivity (Wildman–Crippen MR) is 30.7 cm³/mol. The topological polar surface area (TPSA) is 49.7 Å². The molecule has 0 aromatic rings. The van der Waals surface area contributed by atoms with Crippen molar-refractivity contribution in [2.24, 2.45) is 4.99 Å². The Labute approximate surface area is 43.7 Å². The summed E-state index contributed by atoms with van der Waals surface area (Å²) in [6.45, 7) is -0.135. The van der Waals surface area contributed by atoms with Crippen molar-refractivity contribution >= 4 is 21.2 Å². The lowest BCUT2D eigenvalue weighted by Gasteiger charge is -1.78. The Morgan fingerprint density at radius 1 is 2.00 bits per heavy atom. The fourth-order valence-electron chi connectivity index (χ4n) is 0.131. The number of carbonyl (C=O) groups is 1. The van der Waals surface area contributed by atoms with Crippen LogP contribution in [0.3, 0.4) is 0 Å². The molecule has 0 radical (unpaired) electrons. The van der Waals surface area contributed by atoms with E-state index in [4.69, 9.17) is 5.11 Å². The molecule has 0 bridgehead atoms. The first-order valence-corrected chi connectivity index (χ1v) is 2.36. The Hall–Kier alpha value is -0.430. The van der Waals surface area contributed by atoms with Gasteiger partial charge in [0.15, 0.2) is 0 Å². The third-order valence-electron chi connectivity index (χ3n) is 0.332. The SMILES string of the molecule is O=C(O)C/N=C\P. The van der Waals surface area contributed by atoms with E-state index in [9.17, 15) is 4.79 Å². The van der Waals surface area contributed by atoms with E-state index in [1.165, 1.54) is 5.96 Å². The number of aliphatic imine (C=N–C) groups is 1. The quantitative estimate of drug-likeness (QED) is 0.410. The van der Waals surface area contributed by atoms with Crippen molar-refractivity contribution in [2.45, 2.75) is 0 Å². The van der Waals surface area contributed by atoms with Gasteiger partial charge >= 0.3 is 5.97 Å². The summed E-state index contributed by atoms with van der Waals surface area (Å²) in [5.74, 6) is 0.479. The normalized spacial score (nSPS) is 9.86. The van der Waals surface area contributed by atoms with Crippen LogP contribution in [0.4, 0.5) is 0 Å². The van der Waals surface area contributed by atoms with Gasteiger partial charge in [0.25, 0.3) is 0 Å². The highest BCUT2D eigenvalue weighted by molar-refractivity contribution is 7.36. The van der Waals surface area contributed by atoms with Crippen LogP contribution >= 0.6 is 9.24 Å². The van der Waals surface area contributed by atoms with Crippen molar-refractivity contribution in [2.75, 3.05) is 6.54 Å². The standard InChI is InChI=1S/C3H6NO2P/c5-3(6)1-4-2-7/h2H,1,7H2,(H,5,6)/b4-2-. The molecule has 1 atom stereocenters. The van der Waals surface area contributed by atoms with Crippen LogP contribution in [0.15, 0.2) is 4.99 Å². The lowest BCUT2D eigenvalue weighted by atomic mass is 10.7. The summed E-state index contributed by atoms with van der Waals surface area (Å²) in [6.07, 6.45) is 0. The van der Waals surface area contributed by atoms with Crippen molar-refractivity contribution in [3.63, 3.8) is 0 Å². The summed E-state index contributed by atoms with van der Waals surface area (Å²) < 4.78 is 0. The molecule has 0 aromatic heterocycles. The molecule has 0 saturated carbocycles. The van der Waals surface area contributed by atoms with Gasteiger partial charge in [-0.3, -0.25) is 9.79 Å². The molecule has 0 aliphatic rings. The molecule has 0 aliphatic carbocycles. The molecule has 0 rings (SSSR count). The smallest absolute Gasteiger partial charge is 0.325 e. The average molecular weight is 119 g/mol. The van der Waals surface area contributed by atoms with Crippen LogP contribution in [0.1, 0.15) is 0 Å². The van der Waals surface area contributed by atoms with Crippen LogP contribution in [0, 0.1) is 0 Å². The summed E-state index contributed by atoms with van der Waals surface area (Å²) in [6, 6.07) is 0. The number of nitrogens with zero attached hydrogens (tertiary/aromatic N) is 1. The van der Waals surface area contributed by atoms with Gasteiger partial charge in [0.1, 0.15) is 6.54 Å². The molecule has 0 amide bonds.